The molecule has 6 nitrogen and oxygen atoms in total. The Kier molecular flexibility index (Phi) is 3.51. The molecule has 0 radical (unpaired) electrons. The summed E-state index contributed by atoms with van der Waals surface area (Å²) in [4.78, 5) is 0. The van der Waals surface area contributed by atoms with Crippen molar-refractivity contribution in [1.29, 1.82) is 0 Å². The molecule has 0 unspecified atom stereocenters. The van der Waals surface area contributed by atoms with Gasteiger partial charge in [0, 0.05) is 11.6 Å². The zero-order valence-corrected chi connectivity index (χ0v) is 8.82. The standard InChI is InChI=1S/C8H11NO5S/c1-13-8-4-7(10)3-2-6(8)5-14-15(9,11)12/h2-4,10H,5H2,1H3,(H2,9,11,12). The van der Waals surface area contributed by atoms with Crippen LogP contribution in [0.1, 0.15) is 5.56 Å². The summed E-state index contributed by atoms with van der Waals surface area (Å²) >= 11 is 0. The summed E-state index contributed by atoms with van der Waals surface area (Å²) in [6.07, 6.45) is 0. The fraction of sp³-hybridized carbons (Fsp3) is 0.250. The minimum absolute atomic E-state index is 0.0196. The minimum Gasteiger partial charge on any atom is -0.508 e. The van der Waals surface area contributed by atoms with E-state index in [1.807, 2.05) is 0 Å². The molecule has 3 N–H and O–H groups in total. The largest absolute Gasteiger partial charge is 0.508 e. The van der Waals surface area contributed by atoms with Crippen molar-refractivity contribution in [1.82, 2.24) is 0 Å². The van der Waals surface area contributed by atoms with Crippen LogP contribution in [-0.2, 0) is 21.1 Å². The molecular weight excluding hydrogens is 222 g/mol. The van der Waals surface area contributed by atoms with Crippen LogP contribution >= 0.6 is 0 Å². The number of phenols is 1. The Labute approximate surface area is 87.5 Å². The Balaban J connectivity index is 2.85. The topological polar surface area (TPSA) is 98.8 Å². The average molecular weight is 233 g/mol. The number of phenolic OH excluding ortho intramolecular Hbond substituents is 1. The minimum atomic E-state index is -3.98. The quantitative estimate of drug-likeness (QED) is 0.769. The summed E-state index contributed by atoms with van der Waals surface area (Å²) in [5.41, 5.74) is 0.476. The van der Waals surface area contributed by atoms with Crippen LogP contribution in [0.15, 0.2) is 18.2 Å². The number of rotatable bonds is 4. The maximum Gasteiger partial charge on any atom is 0.333 e. The lowest BCUT2D eigenvalue weighted by atomic mass is 10.2. The third kappa shape index (κ3) is 3.74. The zero-order valence-electron chi connectivity index (χ0n) is 8.00. The van der Waals surface area contributed by atoms with E-state index in [0.29, 0.717) is 11.3 Å². The molecule has 0 aliphatic rings. The van der Waals surface area contributed by atoms with E-state index in [0.717, 1.165) is 0 Å². The molecule has 7 heteroatoms. The van der Waals surface area contributed by atoms with Gasteiger partial charge in [-0.1, -0.05) is 0 Å². The normalized spacial score (nSPS) is 11.3. The molecular formula is C8H11NO5S. The summed E-state index contributed by atoms with van der Waals surface area (Å²) in [5, 5.41) is 13.8. The Hall–Kier alpha value is -1.31. The maximum absolute atomic E-state index is 10.5. The van der Waals surface area contributed by atoms with Crippen molar-refractivity contribution in [3.05, 3.63) is 23.8 Å². The Morgan fingerprint density at radius 1 is 1.47 bits per heavy atom. The lowest BCUT2D eigenvalue weighted by Crippen LogP contribution is -2.15. The smallest absolute Gasteiger partial charge is 0.333 e. The molecule has 1 rings (SSSR count). The van der Waals surface area contributed by atoms with Crippen molar-refractivity contribution in [3.63, 3.8) is 0 Å². The van der Waals surface area contributed by atoms with Gasteiger partial charge in [0.2, 0.25) is 0 Å². The number of aromatic hydroxyl groups is 1. The second kappa shape index (κ2) is 4.47. The number of benzene rings is 1. The van der Waals surface area contributed by atoms with Gasteiger partial charge in [0.05, 0.1) is 13.7 Å². The Bertz CT molecular complexity index is 442. The molecule has 0 saturated heterocycles. The number of ether oxygens (including phenoxy) is 1. The van der Waals surface area contributed by atoms with Crippen molar-refractivity contribution < 1.29 is 22.4 Å². The first-order valence-electron chi connectivity index (χ1n) is 3.95. The lowest BCUT2D eigenvalue weighted by molar-refractivity contribution is 0.299. The number of methoxy groups -OCH3 is 1. The molecule has 0 saturated carbocycles. The summed E-state index contributed by atoms with van der Waals surface area (Å²) < 4.78 is 30.4. The molecule has 0 aliphatic carbocycles. The third-order valence-electron chi connectivity index (χ3n) is 1.65. The van der Waals surface area contributed by atoms with Crippen LogP contribution in [0.3, 0.4) is 0 Å². The van der Waals surface area contributed by atoms with Crippen LogP contribution in [0.2, 0.25) is 0 Å². The van der Waals surface area contributed by atoms with E-state index in [2.05, 4.69) is 9.32 Å². The van der Waals surface area contributed by atoms with Crippen molar-refractivity contribution in [3.8, 4) is 11.5 Å². The van der Waals surface area contributed by atoms with Gasteiger partial charge in [-0.15, -0.1) is 0 Å². The van der Waals surface area contributed by atoms with Crippen molar-refractivity contribution in [2.75, 3.05) is 7.11 Å². The molecule has 84 valence electrons. The fourth-order valence-electron chi connectivity index (χ4n) is 0.998. The Morgan fingerprint density at radius 3 is 2.67 bits per heavy atom. The van der Waals surface area contributed by atoms with Crippen LogP contribution < -0.4 is 9.88 Å². The molecule has 0 aliphatic heterocycles. The molecule has 0 aromatic heterocycles. The van der Waals surface area contributed by atoms with Gasteiger partial charge < -0.3 is 9.84 Å². The van der Waals surface area contributed by atoms with Gasteiger partial charge in [0.25, 0.3) is 0 Å². The van der Waals surface area contributed by atoms with Gasteiger partial charge in [-0.05, 0) is 12.1 Å². The zero-order chi connectivity index (χ0) is 11.5. The van der Waals surface area contributed by atoms with Gasteiger partial charge in [-0.2, -0.15) is 8.42 Å². The van der Waals surface area contributed by atoms with Gasteiger partial charge in [-0.3, -0.25) is 4.18 Å². The first-order chi connectivity index (χ1) is 6.92. The van der Waals surface area contributed by atoms with Crippen LogP contribution in [0.5, 0.6) is 11.5 Å². The number of hydrogen-bond donors (Lipinski definition) is 2. The summed E-state index contributed by atoms with van der Waals surface area (Å²) in [6, 6.07) is 4.23. The van der Waals surface area contributed by atoms with E-state index in [-0.39, 0.29) is 12.4 Å². The predicted molar refractivity (Wildman–Crippen MR) is 52.6 cm³/mol. The van der Waals surface area contributed by atoms with Gasteiger partial charge in [-0.25, -0.2) is 5.14 Å². The molecule has 0 heterocycles. The molecule has 1 aromatic carbocycles. The molecule has 0 amide bonds. The highest BCUT2D eigenvalue weighted by atomic mass is 32.2. The van der Waals surface area contributed by atoms with Crippen LogP contribution in [-0.4, -0.2) is 20.6 Å². The van der Waals surface area contributed by atoms with E-state index in [1.54, 1.807) is 0 Å². The molecule has 15 heavy (non-hydrogen) atoms. The van der Waals surface area contributed by atoms with Crippen molar-refractivity contribution >= 4 is 10.3 Å². The first kappa shape index (κ1) is 11.8. The van der Waals surface area contributed by atoms with E-state index in [9.17, 15) is 8.42 Å². The van der Waals surface area contributed by atoms with E-state index in [4.69, 9.17) is 9.84 Å². The van der Waals surface area contributed by atoms with E-state index in [1.165, 1.54) is 25.3 Å². The Morgan fingerprint density at radius 2 is 2.13 bits per heavy atom. The highest BCUT2D eigenvalue weighted by Crippen LogP contribution is 2.24. The molecule has 0 spiro atoms. The van der Waals surface area contributed by atoms with Crippen LogP contribution in [0.25, 0.3) is 0 Å². The first-order valence-corrected chi connectivity index (χ1v) is 5.42. The highest BCUT2D eigenvalue weighted by Gasteiger charge is 2.08. The molecule has 0 fully saturated rings. The molecule has 0 atom stereocenters. The van der Waals surface area contributed by atoms with Crippen molar-refractivity contribution in [2.45, 2.75) is 6.61 Å². The average Bonchev–Trinajstić information content (AvgIpc) is 2.14. The second-order valence-corrected chi connectivity index (χ2v) is 3.97. The number of nitrogens with two attached hydrogens (primary N) is 1. The third-order valence-corrected chi connectivity index (χ3v) is 2.10. The molecule has 1 aromatic rings. The van der Waals surface area contributed by atoms with Gasteiger partial charge in [0.1, 0.15) is 11.5 Å². The van der Waals surface area contributed by atoms with Gasteiger partial charge in [0.15, 0.2) is 0 Å². The maximum atomic E-state index is 10.5. The highest BCUT2D eigenvalue weighted by molar-refractivity contribution is 7.84. The predicted octanol–water partition coefficient (Wildman–Crippen LogP) is 0.121. The second-order valence-electron chi connectivity index (χ2n) is 2.75. The number of hydrogen-bond acceptors (Lipinski definition) is 5. The molecule has 0 bridgehead atoms. The van der Waals surface area contributed by atoms with E-state index < -0.39 is 10.3 Å². The van der Waals surface area contributed by atoms with E-state index >= 15 is 0 Å². The monoisotopic (exact) mass is 233 g/mol. The van der Waals surface area contributed by atoms with Crippen LogP contribution in [0, 0.1) is 0 Å². The fourth-order valence-corrected chi connectivity index (χ4v) is 1.29. The van der Waals surface area contributed by atoms with Gasteiger partial charge >= 0.3 is 10.3 Å². The summed E-state index contributed by atoms with van der Waals surface area (Å²) in [7, 11) is -2.58. The van der Waals surface area contributed by atoms with Crippen LogP contribution in [0.4, 0.5) is 0 Å². The summed E-state index contributed by atoms with van der Waals surface area (Å²) in [6.45, 7) is -0.234. The lowest BCUT2D eigenvalue weighted by Gasteiger charge is -2.08. The SMILES string of the molecule is COc1cc(O)ccc1COS(N)(=O)=O. The summed E-state index contributed by atoms with van der Waals surface area (Å²) in [5.74, 6) is 0.352. The van der Waals surface area contributed by atoms with Crippen molar-refractivity contribution in [2.24, 2.45) is 5.14 Å².